The minimum absolute atomic E-state index is 0.0711. The summed E-state index contributed by atoms with van der Waals surface area (Å²) in [6, 6.07) is -1.04. The SMILES string of the molecule is CC/C=C/C=C/C=C\C=C/CCCCCC(=O)OC1C(OCC(NC(=O)C(O)CCCCCCC/C=C\C/C=C\C/C=C\CCCCC)C(O)/C=C/CCCCCCCCCCCCC)OC(CO)C(O)C1O. The van der Waals surface area contributed by atoms with Crippen molar-refractivity contribution in [2.45, 2.75) is 269 Å². The highest BCUT2D eigenvalue weighted by Crippen LogP contribution is 2.26. The summed E-state index contributed by atoms with van der Waals surface area (Å²) in [6.07, 6.45) is 54.5. The van der Waals surface area contributed by atoms with Gasteiger partial charge >= 0.3 is 5.97 Å². The van der Waals surface area contributed by atoms with Gasteiger partial charge in [-0.25, -0.2) is 0 Å². The molecule has 6 N–H and O–H groups in total. The molecule has 1 rings (SSSR count). The maximum absolute atomic E-state index is 13.4. The maximum Gasteiger partial charge on any atom is 0.306 e. The first-order valence-corrected chi connectivity index (χ1v) is 29.1. The quantitative estimate of drug-likeness (QED) is 0.0149. The Morgan fingerprint density at radius 3 is 1.63 bits per heavy atom. The maximum atomic E-state index is 13.4. The Balaban J connectivity index is 2.77. The minimum Gasteiger partial charge on any atom is -0.454 e. The molecule has 418 valence electrons. The van der Waals surface area contributed by atoms with Gasteiger partial charge < -0.3 is 45.1 Å². The van der Waals surface area contributed by atoms with Gasteiger partial charge in [-0.05, 0) is 83.5 Å². The summed E-state index contributed by atoms with van der Waals surface area (Å²) in [7, 11) is 0. The number of carbonyl (C=O) groups excluding carboxylic acids is 2. The fourth-order valence-corrected chi connectivity index (χ4v) is 8.43. The first-order chi connectivity index (χ1) is 35.7. The average molecular weight is 1020 g/mol. The molecule has 0 saturated carbocycles. The lowest BCUT2D eigenvalue weighted by Gasteiger charge is -2.41. The van der Waals surface area contributed by atoms with E-state index in [0.717, 1.165) is 96.3 Å². The van der Waals surface area contributed by atoms with Gasteiger partial charge in [-0.3, -0.25) is 9.59 Å². The number of hydrogen-bond donors (Lipinski definition) is 6. The summed E-state index contributed by atoms with van der Waals surface area (Å²) in [5, 5.41) is 56.8. The van der Waals surface area contributed by atoms with Crippen molar-refractivity contribution >= 4 is 11.9 Å². The molecule has 1 heterocycles. The van der Waals surface area contributed by atoms with E-state index >= 15 is 0 Å². The second kappa shape index (κ2) is 49.5. The second-order valence-corrected chi connectivity index (χ2v) is 19.7. The fourth-order valence-electron chi connectivity index (χ4n) is 8.43. The van der Waals surface area contributed by atoms with Crippen molar-refractivity contribution in [3.8, 4) is 0 Å². The smallest absolute Gasteiger partial charge is 0.306 e. The molecule has 1 amide bonds. The number of ether oxygens (including phenoxy) is 3. The zero-order valence-electron chi connectivity index (χ0n) is 46.0. The summed E-state index contributed by atoms with van der Waals surface area (Å²) < 4.78 is 17.5. The molecule has 1 fully saturated rings. The predicted octanol–water partition coefficient (Wildman–Crippen LogP) is 13.2. The molecule has 11 nitrogen and oxygen atoms in total. The Kier molecular flexibility index (Phi) is 45.8. The lowest BCUT2D eigenvalue weighted by molar-refractivity contribution is -0.305. The number of esters is 1. The Hall–Kier alpha value is -3.42. The Morgan fingerprint density at radius 2 is 1.04 bits per heavy atom. The van der Waals surface area contributed by atoms with Crippen molar-refractivity contribution in [3.63, 3.8) is 0 Å². The molecule has 1 saturated heterocycles. The highest BCUT2D eigenvalue weighted by molar-refractivity contribution is 5.80. The van der Waals surface area contributed by atoms with Gasteiger partial charge in [0.1, 0.15) is 24.4 Å². The molecule has 1 aliphatic rings. The molecule has 0 bridgehead atoms. The van der Waals surface area contributed by atoms with Gasteiger partial charge in [0.15, 0.2) is 12.4 Å². The number of allylic oxidation sites excluding steroid dienone is 15. The molecular weight excluding hydrogens is 919 g/mol. The lowest BCUT2D eigenvalue weighted by atomic mass is 9.99. The number of unbranched alkanes of at least 4 members (excludes halogenated alkanes) is 22. The highest BCUT2D eigenvalue weighted by atomic mass is 16.7. The van der Waals surface area contributed by atoms with E-state index in [9.17, 15) is 35.1 Å². The van der Waals surface area contributed by atoms with Crippen molar-refractivity contribution in [1.82, 2.24) is 5.32 Å². The number of hydrogen-bond acceptors (Lipinski definition) is 10. The van der Waals surface area contributed by atoms with Crippen LogP contribution in [0.2, 0.25) is 0 Å². The van der Waals surface area contributed by atoms with Crippen LogP contribution in [-0.2, 0) is 23.8 Å². The molecular formula is C62H105NO10. The molecule has 1 aliphatic heterocycles. The summed E-state index contributed by atoms with van der Waals surface area (Å²) in [6.45, 7) is 5.57. The topological polar surface area (TPSA) is 175 Å². The first kappa shape index (κ1) is 67.6. The zero-order chi connectivity index (χ0) is 53.3. The van der Waals surface area contributed by atoms with Gasteiger partial charge in [0.25, 0.3) is 0 Å². The van der Waals surface area contributed by atoms with E-state index in [1.807, 2.05) is 42.5 Å². The van der Waals surface area contributed by atoms with E-state index in [1.54, 1.807) is 6.08 Å². The molecule has 8 atom stereocenters. The van der Waals surface area contributed by atoms with Crippen LogP contribution in [0, 0.1) is 0 Å². The predicted molar refractivity (Wildman–Crippen MR) is 301 cm³/mol. The third kappa shape index (κ3) is 37.9. The largest absolute Gasteiger partial charge is 0.454 e. The summed E-state index contributed by atoms with van der Waals surface area (Å²) in [5.74, 6) is -1.26. The van der Waals surface area contributed by atoms with Gasteiger partial charge in [0.2, 0.25) is 5.91 Å². The molecule has 11 heteroatoms. The van der Waals surface area contributed by atoms with Crippen LogP contribution >= 0.6 is 0 Å². The summed E-state index contributed by atoms with van der Waals surface area (Å²) in [5.41, 5.74) is 0. The van der Waals surface area contributed by atoms with Gasteiger partial charge in [-0.1, -0.05) is 227 Å². The normalized spacial score (nSPS) is 20.1. The van der Waals surface area contributed by atoms with Crippen molar-refractivity contribution < 1.29 is 49.3 Å². The lowest BCUT2D eigenvalue weighted by Crippen LogP contribution is -2.61. The van der Waals surface area contributed by atoms with Gasteiger partial charge in [-0.2, -0.15) is 0 Å². The molecule has 0 aromatic rings. The number of rotatable bonds is 47. The number of amides is 1. The van der Waals surface area contributed by atoms with Crippen molar-refractivity contribution in [1.29, 1.82) is 0 Å². The average Bonchev–Trinajstić information content (AvgIpc) is 3.39. The third-order valence-corrected chi connectivity index (χ3v) is 13.1. The van der Waals surface area contributed by atoms with Crippen LogP contribution in [0.15, 0.2) is 97.2 Å². The van der Waals surface area contributed by atoms with Crippen LogP contribution < -0.4 is 5.32 Å². The standard InChI is InChI=1S/C62H105NO10/c1-4-7-10-13-16-19-22-25-26-27-28-29-32-34-37-40-43-46-49-55(66)61(70)63-53(54(65)48-45-42-39-36-33-30-23-20-17-14-11-8-5-2)52-71-62-60(59(69)58(68)56(51-64)72-62)73-57(67)50-47-44-41-38-35-31-24-21-18-15-12-9-6-3/h9,12,15-16,18-19,21,24-26,28-29,31,35,45,48,53-56,58-60,62,64-66,68-69H,4-8,10-11,13-14,17,20,22-23,27,30,32-34,36-44,46-47,49-52H2,1-3H3,(H,63,70)/b12-9+,18-15+,19-16-,24-21-,26-25-,29-28-,35-31-,48-45+. The van der Waals surface area contributed by atoms with E-state index in [-0.39, 0.29) is 19.4 Å². The van der Waals surface area contributed by atoms with Crippen molar-refractivity contribution in [2.75, 3.05) is 13.2 Å². The van der Waals surface area contributed by atoms with E-state index in [0.29, 0.717) is 12.8 Å². The molecule has 0 spiro atoms. The third-order valence-electron chi connectivity index (χ3n) is 13.1. The molecule has 8 unspecified atom stereocenters. The van der Waals surface area contributed by atoms with E-state index < -0.39 is 67.4 Å². The molecule has 0 aliphatic carbocycles. The summed E-state index contributed by atoms with van der Waals surface area (Å²) >= 11 is 0. The first-order valence-electron chi connectivity index (χ1n) is 29.1. The van der Waals surface area contributed by atoms with Crippen molar-refractivity contribution in [2.24, 2.45) is 0 Å². The monoisotopic (exact) mass is 1020 g/mol. The second-order valence-electron chi connectivity index (χ2n) is 19.7. The molecule has 0 aromatic heterocycles. The molecule has 0 radical (unpaired) electrons. The Bertz CT molecular complexity index is 1550. The Morgan fingerprint density at radius 1 is 0.562 bits per heavy atom. The zero-order valence-corrected chi connectivity index (χ0v) is 46.0. The van der Waals surface area contributed by atoms with Gasteiger partial charge in [-0.15, -0.1) is 0 Å². The number of aliphatic hydroxyl groups is 5. The van der Waals surface area contributed by atoms with Gasteiger partial charge in [0, 0.05) is 6.42 Å². The van der Waals surface area contributed by atoms with Crippen LogP contribution in [0.3, 0.4) is 0 Å². The minimum atomic E-state index is -1.64. The molecule has 73 heavy (non-hydrogen) atoms. The van der Waals surface area contributed by atoms with E-state index in [4.69, 9.17) is 14.2 Å². The fraction of sp³-hybridized carbons (Fsp3) is 0.710. The van der Waals surface area contributed by atoms with Crippen LogP contribution in [0.25, 0.3) is 0 Å². The van der Waals surface area contributed by atoms with Crippen LogP contribution in [0.5, 0.6) is 0 Å². The Labute approximate surface area is 444 Å². The number of aliphatic hydroxyl groups excluding tert-OH is 5. The number of nitrogens with one attached hydrogen (secondary N) is 1. The van der Waals surface area contributed by atoms with Crippen LogP contribution in [0.1, 0.15) is 220 Å². The van der Waals surface area contributed by atoms with Crippen LogP contribution in [0.4, 0.5) is 0 Å². The molecule has 0 aromatic carbocycles. The van der Waals surface area contributed by atoms with Gasteiger partial charge in [0.05, 0.1) is 25.4 Å². The highest BCUT2D eigenvalue weighted by Gasteiger charge is 2.47. The van der Waals surface area contributed by atoms with Crippen LogP contribution in [-0.4, -0.2) is 99.6 Å². The summed E-state index contributed by atoms with van der Waals surface area (Å²) in [4.78, 5) is 26.4. The van der Waals surface area contributed by atoms with Crippen molar-refractivity contribution in [3.05, 3.63) is 97.2 Å². The van der Waals surface area contributed by atoms with E-state index in [2.05, 4.69) is 74.7 Å². The number of carbonyl (C=O) groups is 2. The van der Waals surface area contributed by atoms with E-state index in [1.165, 1.54) is 77.0 Å².